The van der Waals surface area contributed by atoms with Crippen LogP contribution in [0, 0.1) is 0 Å². The molecule has 0 aromatic carbocycles. The number of nitrogens with zero attached hydrogens (tertiary/aromatic N) is 5. The minimum atomic E-state index is 0.801. The molecular weight excluding hydrogens is 346 g/mol. The Labute approximate surface area is 159 Å². The van der Waals surface area contributed by atoms with Gasteiger partial charge in [0, 0.05) is 57.0 Å². The van der Waals surface area contributed by atoms with Gasteiger partial charge < -0.3 is 15.2 Å². The molecule has 0 atom stereocenters. The first-order valence-electron chi connectivity index (χ1n) is 9.59. The van der Waals surface area contributed by atoms with E-state index in [9.17, 15) is 0 Å². The normalized spacial score (nSPS) is 14.8. The number of hydrogen-bond acceptors (Lipinski definition) is 5. The van der Waals surface area contributed by atoms with Crippen LogP contribution in [0.25, 0.3) is 0 Å². The summed E-state index contributed by atoms with van der Waals surface area (Å²) in [5.41, 5.74) is 0. The fraction of sp³-hybridized carbons (Fsp3) is 0.667. The van der Waals surface area contributed by atoms with Gasteiger partial charge >= 0.3 is 0 Å². The quantitative estimate of drug-likeness (QED) is 0.571. The number of aryl methyl sites for hydroxylation is 2. The van der Waals surface area contributed by atoms with Crippen molar-refractivity contribution in [3.05, 3.63) is 27.7 Å². The average Bonchev–Trinajstić information content (AvgIpc) is 3.20. The van der Waals surface area contributed by atoms with Gasteiger partial charge in [0.1, 0.15) is 11.6 Å². The van der Waals surface area contributed by atoms with Gasteiger partial charge in [-0.05, 0) is 19.3 Å². The number of rotatable bonds is 7. The molecule has 0 amide bonds. The summed E-state index contributed by atoms with van der Waals surface area (Å²) in [6.07, 6.45) is 9.62. The van der Waals surface area contributed by atoms with Crippen molar-refractivity contribution in [2.75, 3.05) is 20.1 Å². The minimum Gasteiger partial charge on any atom is -0.356 e. The molecule has 0 bridgehead atoms. The van der Waals surface area contributed by atoms with Gasteiger partial charge in [-0.25, -0.2) is 4.98 Å². The van der Waals surface area contributed by atoms with Crippen LogP contribution in [0.2, 0.25) is 0 Å². The maximum atomic E-state index is 4.45. The third-order valence-electron chi connectivity index (χ3n) is 4.63. The minimum absolute atomic E-state index is 0.801. The number of nitrogens with one attached hydrogen (secondary N) is 2. The van der Waals surface area contributed by atoms with E-state index in [1.807, 2.05) is 6.20 Å². The zero-order chi connectivity index (χ0) is 18.2. The molecule has 0 aliphatic carbocycles. The van der Waals surface area contributed by atoms with Crippen LogP contribution in [0.15, 0.2) is 11.2 Å². The lowest BCUT2D eigenvalue weighted by atomic mass is 10.2. The number of aromatic nitrogens is 4. The van der Waals surface area contributed by atoms with Crippen LogP contribution >= 0.6 is 11.3 Å². The molecule has 2 aromatic heterocycles. The molecule has 0 fully saturated rings. The lowest BCUT2D eigenvalue weighted by Gasteiger charge is -2.12. The van der Waals surface area contributed by atoms with Gasteiger partial charge in [-0.15, -0.1) is 21.5 Å². The van der Waals surface area contributed by atoms with Crippen LogP contribution in [-0.2, 0) is 32.2 Å². The predicted octanol–water partition coefficient (Wildman–Crippen LogP) is 1.97. The number of aliphatic imine (C=N–C) groups is 1. The molecule has 3 rings (SSSR count). The zero-order valence-corrected chi connectivity index (χ0v) is 16.6. The van der Waals surface area contributed by atoms with Crippen LogP contribution in [0.3, 0.4) is 0 Å². The summed E-state index contributed by atoms with van der Waals surface area (Å²) in [7, 11) is 1.80. The van der Waals surface area contributed by atoms with Crippen LogP contribution < -0.4 is 10.6 Å². The first kappa shape index (κ1) is 18.8. The third-order valence-corrected chi connectivity index (χ3v) is 5.83. The summed E-state index contributed by atoms with van der Waals surface area (Å²) in [4.78, 5) is 10.1. The molecule has 1 aliphatic rings. The molecule has 0 radical (unpaired) electrons. The van der Waals surface area contributed by atoms with Crippen molar-refractivity contribution in [1.82, 2.24) is 30.4 Å². The molecule has 26 heavy (non-hydrogen) atoms. The van der Waals surface area contributed by atoms with E-state index >= 15 is 0 Å². The Bertz CT molecular complexity index is 719. The number of guanidine groups is 1. The van der Waals surface area contributed by atoms with E-state index in [0.29, 0.717) is 0 Å². The highest BCUT2D eigenvalue weighted by atomic mass is 32.1. The lowest BCUT2D eigenvalue weighted by Crippen LogP contribution is -2.39. The lowest BCUT2D eigenvalue weighted by molar-refractivity contribution is 0.600. The van der Waals surface area contributed by atoms with Gasteiger partial charge in [0.05, 0.1) is 5.01 Å². The van der Waals surface area contributed by atoms with E-state index < -0.39 is 0 Å². The van der Waals surface area contributed by atoms with Gasteiger partial charge in [0.2, 0.25) is 0 Å². The summed E-state index contributed by atoms with van der Waals surface area (Å²) < 4.78 is 2.30. The molecular formula is C18H29N7S. The van der Waals surface area contributed by atoms with Gasteiger partial charge in [-0.1, -0.05) is 13.3 Å². The van der Waals surface area contributed by atoms with E-state index in [2.05, 4.69) is 42.3 Å². The Morgan fingerprint density at radius 3 is 2.81 bits per heavy atom. The fourth-order valence-corrected chi connectivity index (χ4v) is 4.02. The van der Waals surface area contributed by atoms with Crippen molar-refractivity contribution in [2.45, 2.75) is 58.4 Å². The predicted molar refractivity (Wildman–Crippen MR) is 106 cm³/mol. The first-order valence-corrected chi connectivity index (χ1v) is 10.4. The maximum Gasteiger partial charge on any atom is 0.191 e. The zero-order valence-electron chi connectivity index (χ0n) is 15.8. The number of fused-ring (bicyclic) bond motifs is 1. The summed E-state index contributed by atoms with van der Waals surface area (Å²) in [6.45, 7) is 4.85. The second-order valence-electron chi connectivity index (χ2n) is 6.49. The molecule has 8 heteroatoms. The van der Waals surface area contributed by atoms with Crippen molar-refractivity contribution < 1.29 is 0 Å². The van der Waals surface area contributed by atoms with E-state index in [0.717, 1.165) is 62.9 Å². The Kier molecular flexibility index (Phi) is 6.99. The summed E-state index contributed by atoms with van der Waals surface area (Å²) >= 11 is 1.79. The molecule has 142 valence electrons. The standard InChI is InChI=1S/C18H29N7S/c1-3-14-13-22-17(26-14)9-11-21-18(19-2)20-10-8-16-24-23-15-7-5-4-6-12-25(15)16/h13H,3-12H2,1-2H3,(H2,19,20,21). The fourth-order valence-electron chi connectivity index (χ4n) is 3.16. The highest BCUT2D eigenvalue weighted by molar-refractivity contribution is 7.11. The van der Waals surface area contributed by atoms with Crippen molar-refractivity contribution in [3.8, 4) is 0 Å². The number of thiazole rings is 1. The molecule has 0 spiro atoms. The first-order chi connectivity index (χ1) is 12.8. The second-order valence-corrected chi connectivity index (χ2v) is 7.69. The van der Waals surface area contributed by atoms with E-state index in [1.54, 1.807) is 18.4 Å². The summed E-state index contributed by atoms with van der Waals surface area (Å²) in [5.74, 6) is 3.06. The third kappa shape index (κ3) is 5.03. The van der Waals surface area contributed by atoms with Gasteiger partial charge in [-0.2, -0.15) is 0 Å². The molecule has 7 nitrogen and oxygen atoms in total. The SMILES string of the molecule is CCc1cnc(CCNC(=NC)NCCc2nnc3n2CCCCC3)s1. The molecule has 0 saturated carbocycles. The molecule has 1 aliphatic heterocycles. The smallest absolute Gasteiger partial charge is 0.191 e. The second kappa shape index (κ2) is 9.66. The van der Waals surface area contributed by atoms with Gasteiger partial charge in [0.25, 0.3) is 0 Å². The maximum absolute atomic E-state index is 4.45. The molecule has 0 saturated heterocycles. The molecule has 0 unspecified atom stereocenters. The topological polar surface area (TPSA) is 80.0 Å². The Hall–Kier alpha value is -1.96. The Morgan fingerprint density at radius 1 is 1.19 bits per heavy atom. The Morgan fingerprint density at radius 2 is 2.04 bits per heavy atom. The number of hydrogen-bond donors (Lipinski definition) is 2. The van der Waals surface area contributed by atoms with E-state index in [1.165, 1.54) is 29.1 Å². The van der Waals surface area contributed by atoms with Crippen LogP contribution in [0.5, 0.6) is 0 Å². The summed E-state index contributed by atoms with van der Waals surface area (Å²) in [6, 6.07) is 0. The Balaban J connectivity index is 1.41. The highest BCUT2D eigenvalue weighted by Gasteiger charge is 2.14. The van der Waals surface area contributed by atoms with E-state index in [-0.39, 0.29) is 0 Å². The van der Waals surface area contributed by atoms with Crippen LogP contribution in [0.4, 0.5) is 0 Å². The monoisotopic (exact) mass is 375 g/mol. The largest absolute Gasteiger partial charge is 0.356 e. The van der Waals surface area contributed by atoms with Crippen LogP contribution in [0.1, 0.15) is 47.7 Å². The van der Waals surface area contributed by atoms with Crippen molar-refractivity contribution in [2.24, 2.45) is 4.99 Å². The van der Waals surface area contributed by atoms with Crippen LogP contribution in [-0.4, -0.2) is 45.8 Å². The molecule has 2 aromatic rings. The summed E-state index contributed by atoms with van der Waals surface area (Å²) in [5, 5.41) is 16.7. The van der Waals surface area contributed by atoms with E-state index in [4.69, 9.17) is 0 Å². The van der Waals surface area contributed by atoms with Gasteiger partial charge in [0.15, 0.2) is 5.96 Å². The van der Waals surface area contributed by atoms with Crippen molar-refractivity contribution in [3.63, 3.8) is 0 Å². The molecule has 3 heterocycles. The van der Waals surface area contributed by atoms with Crippen molar-refractivity contribution >= 4 is 17.3 Å². The average molecular weight is 376 g/mol. The van der Waals surface area contributed by atoms with Gasteiger partial charge in [-0.3, -0.25) is 4.99 Å². The van der Waals surface area contributed by atoms with Crippen molar-refractivity contribution in [1.29, 1.82) is 0 Å². The highest BCUT2D eigenvalue weighted by Crippen LogP contribution is 2.14. The molecule has 2 N–H and O–H groups in total.